The third-order valence-electron chi connectivity index (χ3n) is 2.66. The lowest BCUT2D eigenvalue weighted by molar-refractivity contribution is -0.113. The number of hydrogen-bond donors (Lipinski definition) is 1. The van der Waals surface area contributed by atoms with Gasteiger partial charge in [0.05, 0.1) is 11.0 Å². The lowest BCUT2D eigenvalue weighted by Crippen LogP contribution is -2.15. The second-order valence-corrected chi connectivity index (χ2v) is 5.54. The van der Waals surface area contributed by atoms with E-state index in [9.17, 15) is 9.59 Å². The van der Waals surface area contributed by atoms with E-state index in [2.05, 4.69) is 37.2 Å². The first kappa shape index (κ1) is 14.9. The fourth-order valence-electron chi connectivity index (χ4n) is 1.74. The molecule has 0 saturated heterocycles. The Hall–Kier alpha value is -1.46. The molecule has 5 heteroatoms. The average molecular weight is 397 g/mol. The molecule has 0 aliphatic heterocycles. The third-order valence-corrected chi connectivity index (χ3v) is 3.66. The van der Waals surface area contributed by atoms with Crippen molar-refractivity contribution >= 4 is 49.2 Å². The fourth-order valence-corrected chi connectivity index (χ4v) is 2.24. The van der Waals surface area contributed by atoms with Gasteiger partial charge in [0.1, 0.15) is 0 Å². The van der Waals surface area contributed by atoms with Crippen molar-refractivity contribution in [2.24, 2.45) is 0 Å². The van der Waals surface area contributed by atoms with Gasteiger partial charge in [0, 0.05) is 15.6 Å². The van der Waals surface area contributed by atoms with Crippen LogP contribution in [0, 0.1) is 0 Å². The van der Waals surface area contributed by atoms with Gasteiger partial charge in [-0.25, -0.2) is 0 Å². The van der Waals surface area contributed by atoms with Gasteiger partial charge in [0.15, 0.2) is 5.78 Å². The summed E-state index contributed by atoms with van der Waals surface area (Å²) in [6.07, 6.45) is 0. The number of ketones is 1. The molecule has 0 bridgehead atoms. The summed E-state index contributed by atoms with van der Waals surface area (Å²) in [5.41, 5.74) is 1.55. The summed E-state index contributed by atoms with van der Waals surface area (Å²) < 4.78 is 0.786. The van der Waals surface area contributed by atoms with E-state index in [1.165, 1.54) is 0 Å². The number of halogens is 2. The molecule has 20 heavy (non-hydrogen) atoms. The summed E-state index contributed by atoms with van der Waals surface area (Å²) in [5.74, 6) is -0.328. The Bertz CT molecular complexity index is 642. The molecule has 0 aliphatic rings. The molecule has 0 radical (unpaired) electrons. The summed E-state index contributed by atoms with van der Waals surface area (Å²) >= 11 is 6.43. The smallest absolute Gasteiger partial charge is 0.235 e. The standard InChI is InChI=1S/C15H11Br2NO2/c16-9-14(19)18-13-7-6-11(17)8-12(13)15(20)10-4-2-1-3-5-10/h1-8H,9H2,(H,18,19). The molecule has 0 aromatic heterocycles. The van der Waals surface area contributed by atoms with Gasteiger partial charge in [-0.05, 0) is 18.2 Å². The van der Waals surface area contributed by atoms with E-state index < -0.39 is 0 Å². The first-order valence-corrected chi connectivity index (χ1v) is 7.78. The van der Waals surface area contributed by atoms with Crippen LogP contribution in [0.1, 0.15) is 15.9 Å². The second kappa shape index (κ2) is 6.81. The topological polar surface area (TPSA) is 46.2 Å². The van der Waals surface area contributed by atoms with Crippen LogP contribution < -0.4 is 5.32 Å². The molecule has 2 rings (SSSR count). The van der Waals surface area contributed by atoms with Crippen molar-refractivity contribution in [2.75, 3.05) is 10.6 Å². The molecule has 102 valence electrons. The van der Waals surface area contributed by atoms with Crippen LogP contribution in [0.25, 0.3) is 0 Å². The molecule has 3 nitrogen and oxygen atoms in total. The van der Waals surface area contributed by atoms with E-state index in [1.54, 1.807) is 30.3 Å². The van der Waals surface area contributed by atoms with Gasteiger partial charge in [0.25, 0.3) is 0 Å². The maximum absolute atomic E-state index is 12.5. The summed E-state index contributed by atoms with van der Waals surface area (Å²) in [5, 5.41) is 2.89. The summed E-state index contributed by atoms with van der Waals surface area (Å²) in [6, 6.07) is 14.2. The van der Waals surface area contributed by atoms with Crippen LogP contribution in [-0.2, 0) is 4.79 Å². The molecule has 0 fully saturated rings. The van der Waals surface area contributed by atoms with E-state index in [0.717, 1.165) is 4.47 Å². The predicted molar refractivity (Wildman–Crippen MR) is 86.4 cm³/mol. The molecule has 0 saturated carbocycles. The molecular weight excluding hydrogens is 386 g/mol. The quantitative estimate of drug-likeness (QED) is 0.626. The highest BCUT2D eigenvalue weighted by molar-refractivity contribution is 9.10. The Balaban J connectivity index is 2.41. The van der Waals surface area contributed by atoms with Gasteiger partial charge < -0.3 is 5.32 Å². The normalized spacial score (nSPS) is 10.1. The number of rotatable bonds is 4. The van der Waals surface area contributed by atoms with Crippen molar-refractivity contribution in [1.82, 2.24) is 0 Å². The monoisotopic (exact) mass is 395 g/mol. The van der Waals surface area contributed by atoms with Gasteiger partial charge in [-0.3, -0.25) is 9.59 Å². The number of hydrogen-bond acceptors (Lipinski definition) is 2. The summed E-state index contributed by atoms with van der Waals surface area (Å²) in [4.78, 5) is 24.0. The van der Waals surface area contributed by atoms with Gasteiger partial charge in [-0.15, -0.1) is 0 Å². The maximum atomic E-state index is 12.5. The maximum Gasteiger partial charge on any atom is 0.235 e. The van der Waals surface area contributed by atoms with Crippen molar-refractivity contribution in [2.45, 2.75) is 0 Å². The lowest BCUT2D eigenvalue weighted by Gasteiger charge is -2.10. The Morgan fingerprint density at radius 3 is 2.40 bits per heavy atom. The number of nitrogens with one attached hydrogen (secondary N) is 1. The SMILES string of the molecule is O=C(CBr)Nc1ccc(Br)cc1C(=O)c1ccccc1. The highest BCUT2D eigenvalue weighted by Gasteiger charge is 2.15. The van der Waals surface area contributed by atoms with Gasteiger partial charge in [-0.1, -0.05) is 62.2 Å². The van der Waals surface area contributed by atoms with Crippen molar-refractivity contribution < 1.29 is 9.59 Å². The first-order valence-electron chi connectivity index (χ1n) is 5.87. The van der Waals surface area contributed by atoms with Crippen molar-refractivity contribution in [1.29, 1.82) is 0 Å². The minimum absolute atomic E-state index is 0.128. The number of benzene rings is 2. The van der Waals surface area contributed by atoms with Gasteiger partial charge in [-0.2, -0.15) is 0 Å². The molecule has 2 aromatic carbocycles. The zero-order chi connectivity index (χ0) is 14.5. The van der Waals surface area contributed by atoms with Crippen molar-refractivity contribution in [3.8, 4) is 0 Å². The fraction of sp³-hybridized carbons (Fsp3) is 0.0667. The van der Waals surface area contributed by atoms with E-state index in [4.69, 9.17) is 0 Å². The molecule has 0 spiro atoms. The molecular formula is C15H11Br2NO2. The zero-order valence-corrected chi connectivity index (χ0v) is 13.6. The number of alkyl halides is 1. The Morgan fingerprint density at radius 2 is 1.75 bits per heavy atom. The second-order valence-electron chi connectivity index (χ2n) is 4.07. The average Bonchev–Trinajstić information content (AvgIpc) is 2.49. The lowest BCUT2D eigenvalue weighted by atomic mass is 10.0. The van der Waals surface area contributed by atoms with Gasteiger partial charge in [0.2, 0.25) is 5.91 Å². The van der Waals surface area contributed by atoms with Gasteiger partial charge >= 0.3 is 0 Å². The van der Waals surface area contributed by atoms with E-state index in [1.807, 2.05) is 18.2 Å². The zero-order valence-electron chi connectivity index (χ0n) is 10.4. The molecule has 2 aromatic rings. The van der Waals surface area contributed by atoms with Crippen LogP contribution in [0.2, 0.25) is 0 Å². The number of carbonyl (C=O) groups is 2. The van der Waals surface area contributed by atoms with Crippen molar-refractivity contribution in [3.63, 3.8) is 0 Å². The minimum Gasteiger partial charge on any atom is -0.325 e. The van der Waals surface area contributed by atoms with Crippen LogP contribution in [0.15, 0.2) is 53.0 Å². The Kier molecular flexibility index (Phi) is 5.09. The van der Waals surface area contributed by atoms with Crippen LogP contribution in [0.3, 0.4) is 0 Å². The largest absolute Gasteiger partial charge is 0.325 e. The molecule has 0 atom stereocenters. The van der Waals surface area contributed by atoms with Crippen LogP contribution in [-0.4, -0.2) is 17.0 Å². The first-order chi connectivity index (χ1) is 9.61. The molecule has 0 unspecified atom stereocenters. The van der Waals surface area contributed by atoms with E-state index in [0.29, 0.717) is 16.8 Å². The highest BCUT2D eigenvalue weighted by atomic mass is 79.9. The predicted octanol–water partition coefficient (Wildman–Crippen LogP) is 4.01. The van der Waals surface area contributed by atoms with E-state index in [-0.39, 0.29) is 17.0 Å². The molecule has 0 aliphatic carbocycles. The van der Waals surface area contributed by atoms with Crippen LogP contribution in [0.4, 0.5) is 5.69 Å². The summed E-state index contributed by atoms with van der Waals surface area (Å²) in [6.45, 7) is 0. The molecule has 0 heterocycles. The van der Waals surface area contributed by atoms with Crippen LogP contribution in [0.5, 0.6) is 0 Å². The Morgan fingerprint density at radius 1 is 1.05 bits per heavy atom. The minimum atomic E-state index is -0.200. The van der Waals surface area contributed by atoms with Crippen LogP contribution >= 0.6 is 31.9 Å². The summed E-state index contributed by atoms with van der Waals surface area (Å²) in [7, 11) is 0. The Labute approximate surface area is 133 Å². The molecule has 1 N–H and O–H groups in total. The number of amides is 1. The van der Waals surface area contributed by atoms with Crippen molar-refractivity contribution in [3.05, 3.63) is 64.1 Å². The third kappa shape index (κ3) is 3.55. The van der Waals surface area contributed by atoms with E-state index >= 15 is 0 Å². The number of carbonyl (C=O) groups excluding carboxylic acids is 2. The highest BCUT2D eigenvalue weighted by Crippen LogP contribution is 2.24. The molecule has 1 amide bonds. The number of anilines is 1.